The molecule has 0 amide bonds. The van der Waals surface area contributed by atoms with Crippen molar-refractivity contribution in [1.29, 1.82) is 0 Å². The van der Waals surface area contributed by atoms with Crippen LogP contribution in [0.15, 0.2) is 23.1 Å². The predicted octanol–water partition coefficient (Wildman–Crippen LogP) is 3.40. The Hall–Kier alpha value is -0.410. The lowest BCUT2D eigenvalue weighted by atomic mass is 10.3. The monoisotopic (exact) mass is 235 g/mol. The Balaban J connectivity index is 2.91. The first-order chi connectivity index (χ1) is 5.18. The predicted molar refractivity (Wildman–Crippen MR) is 47.3 cm³/mol. The Labute approximate surface area is 77.0 Å². The molecule has 0 aliphatic heterocycles. The van der Waals surface area contributed by atoms with E-state index in [-0.39, 0.29) is 0 Å². The van der Waals surface area contributed by atoms with E-state index < -0.39 is 4.74 Å². The van der Waals surface area contributed by atoms with Crippen molar-refractivity contribution in [3.8, 4) is 0 Å². The first kappa shape index (κ1) is 8.68. The summed E-state index contributed by atoms with van der Waals surface area (Å²) in [6.45, 7) is 0. The van der Waals surface area contributed by atoms with Crippen LogP contribution in [0.5, 0.6) is 0 Å². The molecular weight excluding hydrogens is 232 g/mol. The fourth-order valence-electron chi connectivity index (χ4n) is 0.584. The third kappa shape index (κ3) is 2.99. The van der Waals surface area contributed by atoms with E-state index in [1.165, 1.54) is 12.3 Å². The number of nitrogens with zero attached hydrogens (tertiary/aromatic N) is 1. The van der Waals surface area contributed by atoms with Gasteiger partial charge in [-0.1, -0.05) is 11.6 Å². The quantitative estimate of drug-likeness (QED) is 0.728. The van der Waals surface area contributed by atoms with Crippen molar-refractivity contribution < 1.29 is 4.39 Å². The fraction of sp³-hybridized carbons (Fsp3) is 0. The summed E-state index contributed by atoms with van der Waals surface area (Å²) in [7, 11) is 0. The number of aromatic nitrogens is 1. The van der Waals surface area contributed by atoms with Gasteiger partial charge in [-0.2, -0.15) is 4.39 Å². The molecule has 11 heavy (non-hydrogen) atoms. The highest BCUT2D eigenvalue weighted by Crippen LogP contribution is 2.12. The van der Waals surface area contributed by atoms with Gasteiger partial charge in [0.1, 0.15) is 0 Å². The standard InChI is InChI=1S/C7H4BrClFN/c8-7(10)3-6-2-1-5(9)4-11-6/h1-4H/b7-3-. The van der Waals surface area contributed by atoms with Crippen molar-refractivity contribution in [2.45, 2.75) is 0 Å². The molecule has 4 heteroatoms. The van der Waals surface area contributed by atoms with Crippen LogP contribution in [0.2, 0.25) is 5.02 Å². The van der Waals surface area contributed by atoms with Crippen LogP contribution in [-0.4, -0.2) is 4.98 Å². The van der Waals surface area contributed by atoms with Crippen molar-refractivity contribution in [3.63, 3.8) is 0 Å². The van der Waals surface area contributed by atoms with Crippen LogP contribution in [0, 0.1) is 0 Å². The van der Waals surface area contributed by atoms with Crippen molar-refractivity contribution >= 4 is 33.6 Å². The third-order valence-corrected chi connectivity index (χ3v) is 1.46. The highest BCUT2D eigenvalue weighted by molar-refractivity contribution is 9.11. The number of halogens is 3. The van der Waals surface area contributed by atoms with E-state index in [1.807, 2.05) is 0 Å². The smallest absolute Gasteiger partial charge is 0.167 e. The third-order valence-electron chi connectivity index (χ3n) is 1.01. The summed E-state index contributed by atoms with van der Waals surface area (Å²) < 4.78 is 11.7. The van der Waals surface area contributed by atoms with Crippen LogP contribution >= 0.6 is 27.5 Å². The molecule has 1 nitrogen and oxygen atoms in total. The average molecular weight is 236 g/mol. The summed E-state index contributed by atoms with van der Waals surface area (Å²) in [6.07, 6.45) is 2.72. The van der Waals surface area contributed by atoms with E-state index in [0.29, 0.717) is 10.7 Å². The Bertz CT molecular complexity index is 266. The molecule has 0 radical (unpaired) electrons. The molecule has 0 saturated heterocycles. The summed E-state index contributed by atoms with van der Waals surface area (Å²) in [5.74, 6) is 0. The molecule has 0 N–H and O–H groups in total. The molecule has 0 fully saturated rings. The molecule has 0 aliphatic rings. The maximum atomic E-state index is 12.2. The lowest BCUT2D eigenvalue weighted by molar-refractivity contribution is 0.711. The van der Waals surface area contributed by atoms with Gasteiger partial charge in [0, 0.05) is 12.3 Å². The zero-order chi connectivity index (χ0) is 8.27. The average Bonchev–Trinajstić information content (AvgIpc) is 1.93. The SMILES string of the molecule is F/C(Br)=C\c1ccc(Cl)cn1. The van der Waals surface area contributed by atoms with Crippen molar-refractivity contribution in [2.75, 3.05) is 0 Å². The number of hydrogen-bond acceptors (Lipinski definition) is 1. The minimum atomic E-state index is -0.452. The molecule has 0 unspecified atom stereocenters. The molecular formula is C7H4BrClFN. The molecule has 1 heterocycles. The Morgan fingerprint density at radius 2 is 2.36 bits per heavy atom. The number of rotatable bonds is 1. The zero-order valence-electron chi connectivity index (χ0n) is 5.39. The Morgan fingerprint density at radius 3 is 2.82 bits per heavy atom. The van der Waals surface area contributed by atoms with Crippen molar-refractivity contribution in [3.05, 3.63) is 33.8 Å². The molecule has 0 atom stereocenters. The van der Waals surface area contributed by atoms with Gasteiger partial charge in [-0.25, -0.2) is 0 Å². The van der Waals surface area contributed by atoms with Gasteiger partial charge < -0.3 is 0 Å². The molecule has 0 bridgehead atoms. The minimum absolute atomic E-state index is 0.452. The zero-order valence-corrected chi connectivity index (χ0v) is 7.73. The van der Waals surface area contributed by atoms with E-state index in [0.717, 1.165) is 0 Å². The molecule has 0 saturated carbocycles. The summed E-state index contributed by atoms with van der Waals surface area (Å²) >= 11 is 8.21. The maximum absolute atomic E-state index is 12.2. The van der Waals surface area contributed by atoms with E-state index in [2.05, 4.69) is 20.9 Å². The highest BCUT2D eigenvalue weighted by Gasteiger charge is 1.91. The van der Waals surface area contributed by atoms with Gasteiger partial charge >= 0.3 is 0 Å². The summed E-state index contributed by atoms with van der Waals surface area (Å²) in [5.41, 5.74) is 0.531. The summed E-state index contributed by atoms with van der Waals surface area (Å²) in [6, 6.07) is 3.28. The second-order valence-corrected chi connectivity index (χ2v) is 3.03. The number of pyridine rings is 1. The first-order valence-corrected chi connectivity index (χ1v) is 4.00. The molecule has 1 aromatic rings. The number of hydrogen-bond donors (Lipinski definition) is 0. The maximum Gasteiger partial charge on any atom is 0.167 e. The lowest BCUT2D eigenvalue weighted by Gasteiger charge is -1.90. The largest absolute Gasteiger partial charge is 0.255 e. The van der Waals surface area contributed by atoms with Gasteiger partial charge in [-0.3, -0.25) is 4.98 Å². The molecule has 1 rings (SSSR count). The van der Waals surface area contributed by atoms with E-state index in [9.17, 15) is 4.39 Å². The molecule has 1 aromatic heterocycles. The van der Waals surface area contributed by atoms with Gasteiger partial charge in [-0.15, -0.1) is 0 Å². The molecule has 58 valence electrons. The van der Waals surface area contributed by atoms with Crippen molar-refractivity contribution in [2.24, 2.45) is 0 Å². The fourth-order valence-corrected chi connectivity index (χ4v) is 0.931. The normalized spacial score (nSPS) is 11.7. The second kappa shape index (κ2) is 3.83. The van der Waals surface area contributed by atoms with Gasteiger partial charge in [0.2, 0.25) is 0 Å². The van der Waals surface area contributed by atoms with Gasteiger partial charge in [-0.05, 0) is 28.1 Å². The van der Waals surface area contributed by atoms with Crippen LogP contribution in [0.4, 0.5) is 4.39 Å². The second-order valence-electron chi connectivity index (χ2n) is 1.84. The van der Waals surface area contributed by atoms with Crippen molar-refractivity contribution in [1.82, 2.24) is 4.98 Å². The Morgan fingerprint density at radius 1 is 1.64 bits per heavy atom. The van der Waals surface area contributed by atoms with Gasteiger partial charge in [0.25, 0.3) is 0 Å². The van der Waals surface area contributed by atoms with Crippen LogP contribution in [0.3, 0.4) is 0 Å². The lowest BCUT2D eigenvalue weighted by Crippen LogP contribution is -1.77. The Kier molecular flexibility index (Phi) is 3.02. The molecule has 0 aromatic carbocycles. The molecule has 0 aliphatic carbocycles. The van der Waals surface area contributed by atoms with Crippen LogP contribution in [-0.2, 0) is 0 Å². The van der Waals surface area contributed by atoms with Crippen LogP contribution in [0.1, 0.15) is 5.69 Å². The summed E-state index contributed by atoms with van der Waals surface area (Å²) in [4.78, 5) is 3.84. The van der Waals surface area contributed by atoms with E-state index in [1.54, 1.807) is 12.1 Å². The van der Waals surface area contributed by atoms with Gasteiger partial charge in [0.15, 0.2) is 4.74 Å². The van der Waals surface area contributed by atoms with Gasteiger partial charge in [0.05, 0.1) is 10.7 Å². The molecule has 0 spiro atoms. The van der Waals surface area contributed by atoms with Crippen LogP contribution in [0.25, 0.3) is 6.08 Å². The highest BCUT2D eigenvalue weighted by atomic mass is 79.9. The van der Waals surface area contributed by atoms with E-state index >= 15 is 0 Å². The van der Waals surface area contributed by atoms with Crippen LogP contribution < -0.4 is 0 Å². The first-order valence-electron chi connectivity index (χ1n) is 2.83. The topological polar surface area (TPSA) is 12.9 Å². The minimum Gasteiger partial charge on any atom is -0.255 e. The summed E-state index contributed by atoms with van der Waals surface area (Å²) in [5, 5.41) is 0.539. The van der Waals surface area contributed by atoms with E-state index in [4.69, 9.17) is 11.6 Å².